The molecule has 0 saturated heterocycles. The van der Waals surface area contributed by atoms with Gasteiger partial charge in [0.25, 0.3) is 0 Å². The molecular formula is C10H8O2S2. The number of fused-ring (bicyclic) bond motifs is 1. The zero-order valence-corrected chi connectivity index (χ0v) is 9.21. The lowest BCUT2D eigenvalue weighted by Crippen LogP contribution is -1.99. The van der Waals surface area contributed by atoms with Crippen molar-refractivity contribution in [3.8, 4) is 0 Å². The maximum absolute atomic E-state index is 11.5. The summed E-state index contributed by atoms with van der Waals surface area (Å²) in [6, 6.07) is 1.79. The Hall–Kier alpha value is -1.00. The molecule has 2 nitrogen and oxygen atoms in total. The second-order valence-corrected chi connectivity index (χ2v) is 4.39. The van der Waals surface area contributed by atoms with Gasteiger partial charge in [0.05, 0.1) is 15.0 Å². The third-order valence-electron chi connectivity index (χ3n) is 1.91. The summed E-state index contributed by atoms with van der Waals surface area (Å²) in [5, 5.41) is 2.55. The predicted octanol–water partition coefficient (Wildman–Crippen LogP) is 3.22. The molecule has 2 rings (SSSR count). The second-order valence-electron chi connectivity index (χ2n) is 2.65. The minimum absolute atomic E-state index is 0.283. The molecule has 0 bridgehead atoms. The molecule has 2 heterocycles. The summed E-state index contributed by atoms with van der Waals surface area (Å²) in [6.07, 6.45) is 3.54. The number of hydrogen-bond donors (Lipinski definition) is 0. The quantitative estimate of drug-likeness (QED) is 0.734. The molecule has 0 spiro atoms. The molecular weight excluding hydrogens is 216 g/mol. The van der Waals surface area contributed by atoms with Crippen LogP contribution in [0.15, 0.2) is 32.1 Å². The lowest BCUT2D eigenvalue weighted by atomic mass is 10.3. The zero-order chi connectivity index (χ0) is 10.1. The van der Waals surface area contributed by atoms with Crippen LogP contribution in [0.2, 0.25) is 0 Å². The Morgan fingerprint density at radius 2 is 2.43 bits per heavy atom. The minimum Gasteiger partial charge on any atom is -0.422 e. The third kappa shape index (κ3) is 1.31. The van der Waals surface area contributed by atoms with Crippen molar-refractivity contribution < 1.29 is 4.42 Å². The van der Waals surface area contributed by atoms with Crippen LogP contribution in [0.3, 0.4) is 0 Å². The van der Waals surface area contributed by atoms with Crippen LogP contribution in [-0.4, -0.2) is 6.26 Å². The van der Waals surface area contributed by atoms with E-state index in [1.807, 2.05) is 11.6 Å². The molecule has 0 saturated carbocycles. The second kappa shape index (κ2) is 3.63. The molecule has 14 heavy (non-hydrogen) atoms. The summed E-state index contributed by atoms with van der Waals surface area (Å²) in [5.41, 5.74) is -0.283. The Morgan fingerprint density at radius 3 is 3.07 bits per heavy atom. The van der Waals surface area contributed by atoms with E-state index in [-0.39, 0.29) is 5.63 Å². The van der Waals surface area contributed by atoms with Gasteiger partial charge in [-0.1, -0.05) is 6.58 Å². The molecule has 0 atom stereocenters. The predicted molar refractivity (Wildman–Crippen MR) is 62.2 cm³/mol. The van der Waals surface area contributed by atoms with Gasteiger partial charge in [-0.2, -0.15) is 0 Å². The highest BCUT2D eigenvalue weighted by molar-refractivity contribution is 7.99. The lowest BCUT2D eigenvalue weighted by Gasteiger charge is -2.01. The molecule has 0 unspecified atom stereocenters. The fraction of sp³-hybridized carbons (Fsp3) is 0.100. The van der Waals surface area contributed by atoms with Gasteiger partial charge >= 0.3 is 5.63 Å². The van der Waals surface area contributed by atoms with Gasteiger partial charge in [0, 0.05) is 0 Å². The van der Waals surface area contributed by atoms with Gasteiger partial charge in [0.15, 0.2) is 0 Å². The number of thiophene rings is 1. The Morgan fingerprint density at radius 1 is 1.64 bits per heavy atom. The minimum atomic E-state index is -0.283. The number of thioether (sulfide) groups is 1. The molecule has 72 valence electrons. The monoisotopic (exact) mass is 224 g/mol. The summed E-state index contributed by atoms with van der Waals surface area (Å²) >= 11 is 3.12. The number of rotatable bonds is 2. The van der Waals surface area contributed by atoms with E-state index < -0.39 is 0 Å². The van der Waals surface area contributed by atoms with Crippen molar-refractivity contribution in [2.24, 2.45) is 0 Å². The maximum atomic E-state index is 11.5. The molecule has 2 aromatic rings. The van der Waals surface area contributed by atoms with E-state index in [0.29, 0.717) is 11.1 Å². The number of hydrogen-bond acceptors (Lipinski definition) is 4. The van der Waals surface area contributed by atoms with Crippen LogP contribution in [0.4, 0.5) is 0 Å². The van der Waals surface area contributed by atoms with Crippen LogP contribution in [0, 0.1) is 0 Å². The highest BCUT2D eigenvalue weighted by atomic mass is 32.2. The largest absolute Gasteiger partial charge is 0.422 e. The first-order valence-corrected chi connectivity index (χ1v) is 6.09. The Bertz CT molecular complexity index is 537. The van der Waals surface area contributed by atoms with Crippen LogP contribution < -0.4 is 5.63 Å². The third-order valence-corrected chi connectivity index (χ3v) is 3.78. The average molecular weight is 224 g/mol. The standard InChI is InChI=1S/C10H8O2S2/c1-3-7-9(13-2)8-6(4-5-14-8)10(11)12-7/h3-5H,1H2,2H3. The Kier molecular flexibility index (Phi) is 2.48. The van der Waals surface area contributed by atoms with Gasteiger partial charge in [-0.05, 0) is 23.8 Å². The van der Waals surface area contributed by atoms with Gasteiger partial charge < -0.3 is 4.42 Å². The molecule has 2 aromatic heterocycles. The molecule has 0 amide bonds. The van der Waals surface area contributed by atoms with Crippen LogP contribution in [0.1, 0.15) is 5.76 Å². The van der Waals surface area contributed by atoms with E-state index in [1.165, 1.54) is 0 Å². The van der Waals surface area contributed by atoms with E-state index >= 15 is 0 Å². The first-order valence-electron chi connectivity index (χ1n) is 3.98. The van der Waals surface area contributed by atoms with Gasteiger partial charge in [0.1, 0.15) is 5.76 Å². The van der Waals surface area contributed by atoms with Gasteiger partial charge in [0.2, 0.25) is 0 Å². The molecule has 0 fully saturated rings. The van der Waals surface area contributed by atoms with E-state index in [4.69, 9.17) is 4.42 Å². The fourth-order valence-corrected chi connectivity index (χ4v) is 3.13. The molecule has 0 aromatic carbocycles. The molecule has 0 aliphatic carbocycles. The summed E-state index contributed by atoms with van der Waals surface area (Å²) in [6.45, 7) is 3.63. The van der Waals surface area contributed by atoms with E-state index in [0.717, 1.165) is 9.60 Å². The summed E-state index contributed by atoms with van der Waals surface area (Å²) in [7, 11) is 0. The van der Waals surface area contributed by atoms with E-state index in [1.54, 1.807) is 35.2 Å². The van der Waals surface area contributed by atoms with E-state index in [2.05, 4.69) is 6.58 Å². The van der Waals surface area contributed by atoms with Crippen molar-refractivity contribution in [1.29, 1.82) is 0 Å². The SMILES string of the molecule is C=Cc1oc(=O)c2ccsc2c1SC. The van der Waals surface area contributed by atoms with Crippen molar-refractivity contribution in [1.82, 2.24) is 0 Å². The summed E-state index contributed by atoms with van der Waals surface area (Å²) < 4.78 is 6.12. The average Bonchev–Trinajstić information content (AvgIpc) is 2.66. The van der Waals surface area contributed by atoms with Gasteiger partial charge in [-0.3, -0.25) is 0 Å². The molecule has 0 radical (unpaired) electrons. The normalized spacial score (nSPS) is 10.6. The van der Waals surface area contributed by atoms with Crippen molar-refractivity contribution in [2.45, 2.75) is 4.90 Å². The van der Waals surface area contributed by atoms with Crippen LogP contribution in [0.5, 0.6) is 0 Å². The van der Waals surface area contributed by atoms with Crippen molar-refractivity contribution in [3.63, 3.8) is 0 Å². The Labute approximate surface area is 89.2 Å². The maximum Gasteiger partial charge on any atom is 0.345 e. The van der Waals surface area contributed by atoms with Gasteiger partial charge in [-0.25, -0.2) is 4.79 Å². The zero-order valence-electron chi connectivity index (χ0n) is 7.57. The summed E-state index contributed by atoms with van der Waals surface area (Å²) in [4.78, 5) is 12.5. The highest BCUT2D eigenvalue weighted by Gasteiger charge is 2.11. The van der Waals surface area contributed by atoms with E-state index in [9.17, 15) is 4.79 Å². The fourth-order valence-electron chi connectivity index (χ4n) is 1.29. The van der Waals surface area contributed by atoms with Crippen molar-refractivity contribution in [2.75, 3.05) is 6.26 Å². The van der Waals surface area contributed by atoms with Crippen LogP contribution in [0.25, 0.3) is 16.2 Å². The van der Waals surface area contributed by atoms with Gasteiger partial charge in [-0.15, -0.1) is 23.1 Å². The van der Waals surface area contributed by atoms with Crippen LogP contribution >= 0.6 is 23.1 Å². The topological polar surface area (TPSA) is 30.2 Å². The lowest BCUT2D eigenvalue weighted by molar-refractivity contribution is 0.499. The Balaban J connectivity index is 2.96. The summed E-state index contributed by atoms with van der Waals surface area (Å²) in [5.74, 6) is 0.567. The molecule has 4 heteroatoms. The van der Waals surface area contributed by atoms with Crippen molar-refractivity contribution >= 4 is 39.3 Å². The first-order chi connectivity index (χ1) is 6.77. The molecule has 0 N–H and O–H groups in total. The van der Waals surface area contributed by atoms with Crippen molar-refractivity contribution in [3.05, 3.63) is 34.2 Å². The first kappa shape index (κ1) is 9.55. The molecule has 0 aliphatic heterocycles. The van der Waals surface area contributed by atoms with Crippen LogP contribution in [-0.2, 0) is 0 Å². The highest BCUT2D eigenvalue weighted by Crippen LogP contribution is 2.32. The molecule has 0 aliphatic rings. The smallest absolute Gasteiger partial charge is 0.345 e.